The van der Waals surface area contributed by atoms with E-state index < -0.39 is 0 Å². The van der Waals surface area contributed by atoms with Gasteiger partial charge in [0.15, 0.2) is 0 Å². The van der Waals surface area contributed by atoms with Gasteiger partial charge in [0.05, 0.1) is 0 Å². The highest BCUT2D eigenvalue weighted by Gasteiger charge is 1.94. The first kappa shape index (κ1) is 9.85. The van der Waals surface area contributed by atoms with Crippen molar-refractivity contribution in [2.24, 2.45) is 7.05 Å². The second-order valence-electron chi connectivity index (χ2n) is 3.10. The van der Waals surface area contributed by atoms with E-state index in [1.807, 2.05) is 6.08 Å². The summed E-state index contributed by atoms with van der Waals surface area (Å²) in [4.78, 5) is 0. The van der Waals surface area contributed by atoms with Crippen LogP contribution < -0.4 is 10.6 Å². The maximum Gasteiger partial charge on any atom is 0.0437 e. The van der Waals surface area contributed by atoms with Crippen LogP contribution in [0.5, 0.6) is 0 Å². The van der Waals surface area contributed by atoms with E-state index >= 15 is 0 Å². The number of hydrogen-bond donors (Lipinski definition) is 0. The van der Waals surface area contributed by atoms with Crippen molar-refractivity contribution in [1.82, 2.24) is 4.57 Å². The molecule has 1 aromatic heterocycles. The molecule has 0 aliphatic carbocycles. The van der Waals surface area contributed by atoms with Crippen LogP contribution in [0.25, 0.3) is 11.6 Å². The Balaban J connectivity index is 3.63. The number of aromatic nitrogens is 1. The van der Waals surface area contributed by atoms with E-state index in [0.29, 0.717) is 0 Å². The Kier molecular flexibility index (Phi) is 3.13. The van der Waals surface area contributed by atoms with Crippen molar-refractivity contribution >= 4 is 11.6 Å². The fourth-order valence-electron chi connectivity index (χ4n) is 1.62. The van der Waals surface area contributed by atoms with Gasteiger partial charge in [-0.25, -0.2) is 0 Å². The predicted molar refractivity (Wildman–Crippen MR) is 58.7 cm³/mol. The molecule has 0 aliphatic rings. The van der Waals surface area contributed by atoms with Crippen molar-refractivity contribution < 1.29 is 0 Å². The molecule has 1 nitrogen and oxygen atoms in total. The van der Waals surface area contributed by atoms with Gasteiger partial charge in [-0.1, -0.05) is 25.7 Å². The Bertz CT molecular complexity index is 407. The lowest BCUT2D eigenvalue weighted by Crippen LogP contribution is -2.28. The van der Waals surface area contributed by atoms with Gasteiger partial charge in [0.25, 0.3) is 0 Å². The van der Waals surface area contributed by atoms with E-state index in [2.05, 4.69) is 50.4 Å². The van der Waals surface area contributed by atoms with Crippen LogP contribution in [0.15, 0.2) is 24.9 Å². The lowest BCUT2D eigenvalue weighted by Gasteiger charge is -1.94. The fourth-order valence-corrected chi connectivity index (χ4v) is 1.62. The Morgan fingerprint density at radius 1 is 1.62 bits per heavy atom. The van der Waals surface area contributed by atoms with E-state index in [1.54, 1.807) is 0 Å². The highest BCUT2D eigenvalue weighted by Crippen LogP contribution is 1.98. The summed E-state index contributed by atoms with van der Waals surface area (Å²) >= 11 is 0. The van der Waals surface area contributed by atoms with E-state index in [9.17, 15) is 0 Å². The van der Waals surface area contributed by atoms with Crippen LogP contribution in [0.1, 0.15) is 20.3 Å². The number of hydrogen-bond acceptors (Lipinski definition) is 0. The molecule has 1 aromatic rings. The van der Waals surface area contributed by atoms with Gasteiger partial charge in [0, 0.05) is 23.8 Å². The van der Waals surface area contributed by atoms with Gasteiger partial charge in [-0.2, -0.15) is 0 Å². The zero-order chi connectivity index (χ0) is 9.84. The number of allylic oxidation sites excluding steroid dienone is 1. The third-order valence-corrected chi connectivity index (χ3v) is 2.37. The van der Waals surface area contributed by atoms with Crippen molar-refractivity contribution in [2.45, 2.75) is 20.3 Å². The van der Waals surface area contributed by atoms with Gasteiger partial charge < -0.3 is 4.57 Å². The SMILES string of the molecule is C=C/C(CC)=c1/ccn(C)/c1=C/C. The molecule has 0 amide bonds. The van der Waals surface area contributed by atoms with Crippen LogP contribution in [0.3, 0.4) is 0 Å². The molecule has 0 saturated heterocycles. The van der Waals surface area contributed by atoms with E-state index in [4.69, 9.17) is 0 Å². The molecule has 1 heterocycles. The predicted octanol–water partition coefficient (Wildman–Crippen LogP) is 1.57. The number of nitrogens with zero attached hydrogens (tertiary/aromatic N) is 1. The minimum atomic E-state index is 1.04. The largest absolute Gasteiger partial charge is 0.351 e. The van der Waals surface area contributed by atoms with E-state index in [-0.39, 0.29) is 0 Å². The second-order valence-corrected chi connectivity index (χ2v) is 3.10. The molecule has 13 heavy (non-hydrogen) atoms. The summed E-state index contributed by atoms with van der Waals surface area (Å²) < 4.78 is 2.13. The van der Waals surface area contributed by atoms with Crippen molar-refractivity contribution in [2.75, 3.05) is 0 Å². The van der Waals surface area contributed by atoms with Gasteiger partial charge in [0.1, 0.15) is 0 Å². The topological polar surface area (TPSA) is 4.93 Å². The van der Waals surface area contributed by atoms with Crippen LogP contribution in [0, 0.1) is 0 Å². The molecule has 0 spiro atoms. The molecule has 0 aromatic carbocycles. The smallest absolute Gasteiger partial charge is 0.0437 e. The maximum absolute atomic E-state index is 3.83. The normalized spacial score (nSPS) is 14.5. The molecular formula is C12H17N. The fraction of sp³-hybridized carbons (Fsp3) is 0.333. The van der Waals surface area contributed by atoms with Crippen LogP contribution in [-0.4, -0.2) is 4.57 Å². The lowest BCUT2D eigenvalue weighted by atomic mass is 10.1. The van der Waals surface area contributed by atoms with E-state index in [1.165, 1.54) is 16.1 Å². The van der Waals surface area contributed by atoms with E-state index in [0.717, 1.165) is 6.42 Å². The van der Waals surface area contributed by atoms with Crippen molar-refractivity contribution in [1.29, 1.82) is 0 Å². The monoisotopic (exact) mass is 175 g/mol. The average Bonchev–Trinajstić information content (AvgIpc) is 2.50. The first-order valence-corrected chi connectivity index (χ1v) is 4.67. The van der Waals surface area contributed by atoms with Crippen LogP contribution in [-0.2, 0) is 7.05 Å². The Labute approximate surface area is 79.7 Å². The number of aryl methyl sites for hydroxylation is 1. The Morgan fingerprint density at radius 2 is 2.31 bits per heavy atom. The molecule has 0 unspecified atom stereocenters. The first-order chi connectivity index (χ1) is 6.24. The summed E-state index contributed by atoms with van der Waals surface area (Å²) in [5.74, 6) is 0. The highest BCUT2D eigenvalue weighted by atomic mass is 14.9. The maximum atomic E-state index is 3.83. The summed E-state index contributed by atoms with van der Waals surface area (Å²) in [6, 6.07) is 2.15. The van der Waals surface area contributed by atoms with Gasteiger partial charge in [0.2, 0.25) is 0 Å². The van der Waals surface area contributed by atoms with Crippen molar-refractivity contribution in [3.63, 3.8) is 0 Å². The molecule has 1 heteroatoms. The summed E-state index contributed by atoms with van der Waals surface area (Å²) in [5, 5.41) is 2.58. The summed E-state index contributed by atoms with van der Waals surface area (Å²) in [6.07, 6.45) is 7.20. The van der Waals surface area contributed by atoms with Gasteiger partial charge in [-0.05, 0) is 25.0 Å². The average molecular weight is 175 g/mol. The highest BCUT2D eigenvalue weighted by molar-refractivity contribution is 5.55. The molecule has 0 aliphatic heterocycles. The molecule has 1 rings (SSSR count). The molecule has 70 valence electrons. The summed E-state index contributed by atoms with van der Waals surface area (Å²) in [5.41, 5.74) is 1.31. The number of rotatable bonds is 2. The van der Waals surface area contributed by atoms with Gasteiger partial charge >= 0.3 is 0 Å². The van der Waals surface area contributed by atoms with Crippen molar-refractivity contribution in [3.05, 3.63) is 35.5 Å². The minimum Gasteiger partial charge on any atom is -0.351 e. The lowest BCUT2D eigenvalue weighted by molar-refractivity contribution is 0.886. The molecule has 0 atom stereocenters. The standard InChI is InChI=1S/C12H17N/c1-5-10(6-2)11-8-9-13(4)12(11)7-3/h5,7-9H,1,6H2,2-4H3/b11-10+,12-7+. The zero-order valence-corrected chi connectivity index (χ0v) is 8.67. The third kappa shape index (κ3) is 1.74. The molecule has 0 radical (unpaired) electrons. The van der Waals surface area contributed by atoms with Gasteiger partial charge in [-0.3, -0.25) is 0 Å². The van der Waals surface area contributed by atoms with Gasteiger partial charge in [-0.15, -0.1) is 0 Å². The third-order valence-electron chi connectivity index (χ3n) is 2.37. The second kappa shape index (κ2) is 4.13. The molecule has 0 fully saturated rings. The Morgan fingerprint density at radius 3 is 2.77 bits per heavy atom. The summed E-state index contributed by atoms with van der Waals surface area (Å²) in [7, 11) is 2.06. The minimum absolute atomic E-state index is 1.04. The van der Waals surface area contributed by atoms with Crippen LogP contribution in [0.4, 0.5) is 0 Å². The summed E-state index contributed by atoms with van der Waals surface area (Å²) in [6.45, 7) is 8.05. The molecule has 0 N–H and O–H groups in total. The molecule has 0 bridgehead atoms. The van der Waals surface area contributed by atoms with Crippen LogP contribution in [0.2, 0.25) is 0 Å². The molecular weight excluding hydrogens is 158 g/mol. The molecule has 0 saturated carbocycles. The van der Waals surface area contributed by atoms with Crippen LogP contribution >= 0.6 is 0 Å². The zero-order valence-electron chi connectivity index (χ0n) is 8.67. The van der Waals surface area contributed by atoms with Crippen molar-refractivity contribution in [3.8, 4) is 0 Å². The first-order valence-electron chi connectivity index (χ1n) is 4.67. The Hall–Kier alpha value is -1.24. The quantitative estimate of drug-likeness (QED) is 0.643.